The second-order valence-electron chi connectivity index (χ2n) is 7.93. The fourth-order valence-corrected chi connectivity index (χ4v) is 3.39. The van der Waals surface area contributed by atoms with Gasteiger partial charge in [-0.2, -0.15) is 0 Å². The van der Waals surface area contributed by atoms with Gasteiger partial charge in [0.1, 0.15) is 22.9 Å². The predicted molar refractivity (Wildman–Crippen MR) is 123 cm³/mol. The lowest BCUT2D eigenvalue weighted by Gasteiger charge is -2.18. The van der Waals surface area contributed by atoms with Crippen LogP contribution in [0.25, 0.3) is 16.6 Å². The van der Waals surface area contributed by atoms with E-state index in [1.165, 1.54) is 42.3 Å². The average molecular weight is 451 g/mol. The van der Waals surface area contributed by atoms with E-state index in [0.717, 1.165) is 0 Å². The highest BCUT2D eigenvalue weighted by atomic mass is 19.1. The highest BCUT2D eigenvalue weighted by Crippen LogP contribution is 2.32. The maximum absolute atomic E-state index is 15.0. The number of ether oxygens (including phenoxy) is 1. The lowest BCUT2D eigenvalue weighted by molar-refractivity contribution is -0.113. The summed E-state index contributed by atoms with van der Waals surface area (Å²) >= 11 is 0. The van der Waals surface area contributed by atoms with Gasteiger partial charge in [0.25, 0.3) is 5.91 Å². The maximum atomic E-state index is 15.0. The van der Waals surface area contributed by atoms with E-state index in [0.29, 0.717) is 34.4 Å². The average Bonchev–Trinajstić information content (AvgIpc) is 3.25. The second-order valence-corrected chi connectivity index (χ2v) is 7.93. The third-order valence-electron chi connectivity index (χ3n) is 5.15. The first-order chi connectivity index (χ1) is 15.7. The number of aromatic nitrogens is 3. The van der Waals surface area contributed by atoms with E-state index < -0.39 is 5.82 Å². The van der Waals surface area contributed by atoms with Crippen LogP contribution in [0.2, 0.25) is 0 Å². The van der Waals surface area contributed by atoms with Gasteiger partial charge in [0.15, 0.2) is 0 Å². The van der Waals surface area contributed by atoms with Crippen molar-refractivity contribution in [3.05, 3.63) is 72.2 Å². The van der Waals surface area contributed by atoms with E-state index in [1.54, 1.807) is 36.0 Å². The minimum Gasteiger partial charge on any atom is -0.437 e. The number of anilines is 1. The van der Waals surface area contributed by atoms with Gasteiger partial charge in [-0.1, -0.05) is 6.08 Å². The smallest absolute Gasteiger partial charge is 0.250 e. The van der Waals surface area contributed by atoms with Crippen LogP contribution in [0.15, 0.2) is 55.0 Å². The van der Waals surface area contributed by atoms with Gasteiger partial charge >= 0.3 is 0 Å². The van der Waals surface area contributed by atoms with Crippen molar-refractivity contribution in [2.45, 2.75) is 6.92 Å². The zero-order chi connectivity index (χ0) is 23.7. The molecule has 0 radical (unpaired) electrons. The summed E-state index contributed by atoms with van der Waals surface area (Å²) in [7, 11) is 5.29. The Hall–Kier alpha value is -3.85. The molecule has 9 heteroatoms. The van der Waals surface area contributed by atoms with Crippen LogP contribution in [0.4, 0.5) is 14.5 Å². The Morgan fingerprint density at radius 2 is 1.94 bits per heavy atom. The van der Waals surface area contributed by atoms with E-state index in [9.17, 15) is 9.18 Å². The Morgan fingerprint density at radius 3 is 2.67 bits per heavy atom. The number of fused-ring (bicyclic) bond motifs is 3. The Bertz CT molecular complexity index is 1380. The summed E-state index contributed by atoms with van der Waals surface area (Å²) in [5, 5.41) is 0. The molecule has 170 valence electrons. The maximum Gasteiger partial charge on any atom is 0.250 e. The van der Waals surface area contributed by atoms with Crippen molar-refractivity contribution in [3.8, 4) is 11.6 Å². The lowest BCUT2D eigenvalue weighted by atomic mass is 10.2. The molecule has 7 nitrogen and oxygen atoms in total. The van der Waals surface area contributed by atoms with Gasteiger partial charge in [-0.15, -0.1) is 0 Å². The summed E-state index contributed by atoms with van der Waals surface area (Å²) in [6, 6.07) is 6.97. The third kappa shape index (κ3) is 4.54. The zero-order valence-electron chi connectivity index (χ0n) is 18.7. The number of benzene rings is 2. The van der Waals surface area contributed by atoms with Crippen molar-refractivity contribution in [2.75, 3.05) is 32.6 Å². The molecule has 4 aromatic rings. The van der Waals surface area contributed by atoms with E-state index >= 15 is 4.39 Å². The van der Waals surface area contributed by atoms with Gasteiger partial charge < -0.3 is 14.5 Å². The minimum absolute atomic E-state index is 0.113. The molecule has 1 amide bonds. The molecule has 0 unspecified atom stereocenters. The SMILES string of the molecule is Cc1cc(F)ccc1Oc1nc2cc(F)c(N(C)C(=O)C=CCN(C)C)cc2n2cncc12. The van der Waals surface area contributed by atoms with Crippen LogP contribution in [0.1, 0.15) is 5.56 Å². The first-order valence-corrected chi connectivity index (χ1v) is 10.2. The summed E-state index contributed by atoms with van der Waals surface area (Å²) in [5.41, 5.74) is 2.13. The minimum atomic E-state index is -0.602. The van der Waals surface area contributed by atoms with Crippen molar-refractivity contribution < 1.29 is 18.3 Å². The van der Waals surface area contributed by atoms with E-state index in [1.807, 2.05) is 19.0 Å². The van der Waals surface area contributed by atoms with Crippen molar-refractivity contribution >= 4 is 28.1 Å². The third-order valence-corrected chi connectivity index (χ3v) is 5.15. The van der Waals surface area contributed by atoms with Gasteiger partial charge in [0.05, 0.1) is 29.2 Å². The Labute approximate surface area is 189 Å². The van der Waals surface area contributed by atoms with Gasteiger partial charge in [0.2, 0.25) is 5.88 Å². The molecule has 4 rings (SSSR count). The Morgan fingerprint density at radius 1 is 1.15 bits per heavy atom. The molecule has 0 aliphatic carbocycles. The number of halogens is 2. The molecule has 2 aromatic heterocycles. The summed E-state index contributed by atoms with van der Waals surface area (Å²) in [6.07, 6.45) is 6.26. The summed E-state index contributed by atoms with van der Waals surface area (Å²) in [5.74, 6) is -0.686. The molecule has 0 spiro atoms. The number of rotatable bonds is 6. The van der Waals surface area contributed by atoms with Crippen LogP contribution in [-0.4, -0.2) is 52.9 Å². The van der Waals surface area contributed by atoms with Crippen LogP contribution in [0.5, 0.6) is 11.6 Å². The molecule has 0 atom stereocenters. The number of amides is 1. The molecular weight excluding hydrogens is 428 g/mol. The molecule has 0 saturated heterocycles. The highest BCUT2D eigenvalue weighted by molar-refractivity contribution is 6.02. The number of carbonyl (C=O) groups excluding carboxylic acids is 1. The molecule has 2 aromatic carbocycles. The number of hydrogen-bond donors (Lipinski definition) is 0. The summed E-state index contributed by atoms with van der Waals surface area (Å²) in [4.78, 5) is 24.3. The molecule has 0 aliphatic rings. The lowest BCUT2D eigenvalue weighted by Crippen LogP contribution is -2.25. The second kappa shape index (κ2) is 8.95. The fourth-order valence-electron chi connectivity index (χ4n) is 3.39. The molecule has 0 bridgehead atoms. The number of aryl methyl sites for hydroxylation is 1. The monoisotopic (exact) mass is 451 g/mol. The highest BCUT2D eigenvalue weighted by Gasteiger charge is 2.18. The van der Waals surface area contributed by atoms with Crippen molar-refractivity contribution in [2.24, 2.45) is 0 Å². The molecule has 2 heterocycles. The van der Waals surface area contributed by atoms with Gasteiger partial charge in [-0.25, -0.2) is 18.7 Å². The number of carbonyl (C=O) groups is 1. The van der Waals surface area contributed by atoms with E-state index in [2.05, 4.69) is 9.97 Å². The van der Waals surface area contributed by atoms with E-state index in [4.69, 9.17) is 4.74 Å². The standard InChI is InChI=1S/C24H23F2N5O2/c1-15-10-16(25)7-8-22(15)33-24-21-13-27-14-31(21)20-12-19(17(26)11-18(20)28-24)30(4)23(32)6-5-9-29(2)3/h5-8,10-14H,9H2,1-4H3. The molecular formula is C24H23F2N5O2. The van der Waals surface area contributed by atoms with Crippen molar-refractivity contribution in [1.29, 1.82) is 0 Å². The normalized spacial score (nSPS) is 11.7. The summed E-state index contributed by atoms with van der Waals surface area (Å²) in [6.45, 7) is 2.31. The molecule has 0 aliphatic heterocycles. The van der Waals surface area contributed by atoms with E-state index in [-0.39, 0.29) is 23.3 Å². The topological polar surface area (TPSA) is 63.0 Å². The first kappa shape index (κ1) is 22.3. The number of hydrogen-bond acceptors (Lipinski definition) is 5. The van der Waals surface area contributed by atoms with Gasteiger partial charge in [0, 0.05) is 25.7 Å². The Balaban J connectivity index is 1.75. The van der Waals surface area contributed by atoms with Gasteiger partial charge in [-0.3, -0.25) is 9.20 Å². The van der Waals surface area contributed by atoms with Crippen LogP contribution >= 0.6 is 0 Å². The Kier molecular flexibility index (Phi) is 6.06. The van der Waals surface area contributed by atoms with Gasteiger partial charge in [-0.05, 0) is 50.8 Å². The quantitative estimate of drug-likeness (QED) is 0.408. The number of imidazole rings is 1. The first-order valence-electron chi connectivity index (χ1n) is 10.2. The van der Waals surface area contributed by atoms with Crippen LogP contribution < -0.4 is 9.64 Å². The van der Waals surface area contributed by atoms with Crippen LogP contribution in [0.3, 0.4) is 0 Å². The van der Waals surface area contributed by atoms with Crippen LogP contribution in [-0.2, 0) is 4.79 Å². The molecule has 0 N–H and O–H groups in total. The number of nitrogens with zero attached hydrogens (tertiary/aromatic N) is 5. The molecule has 0 saturated carbocycles. The van der Waals surface area contributed by atoms with Crippen molar-refractivity contribution in [1.82, 2.24) is 19.3 Å². The molecule has 33 heavy (non-hydrogen) atoms. The number of likely N-dealkylation sites (N-methyl/N-ethyl adjacent to an activating group) is 2. The predicted octanol–water partition coefficient (Wildman–Crippen LogP) is 4.34. The zero-order valence-corrected chi connectivity index (χ0v) is 18.7. The molecule has 0 fully saturated rings. The van der Waals surface area contributed by atoms with Crippen molar-refractivity contribution in [3.63, 3.8) is 0 Å². The van der Waals surface area contributed by atoms with Crippen LogP contribution in [0, 0.1) is 18.6 Å². The largest absolute Gasteiger partial charge is 0.437 e. The fraction of sp³-hybridized carbons (Fsp3) is 0.208. The summed E-state index contributed by atoms with van der Waals surface area (Å²) < 4.78 is 36.1.